The van der Waals surface area contributed by atoms with Crippen LogP contribution in [-0.4, -0.2) is 16.8 Å². The summed E-state index contributed by atoms with van der Waals surface area (Å²) < 4.78 is 67.3. The minimum absolute atomic E-state index is 0.213. The minimum atomic E-state index is -4.99. The number of rotatable bonds is 6. The number of hydrogen-bond acceptors (Lipinski definition) is 4. The van der Waals surface area contributed by atoms with Crippen molar-refractivity contribution in [3.05, 3.63) is 102 Å². The van der Waals surface area contributed by atoms with Crippen LogP contribution in [0.5, 0.6) is 0 Å². The molecule has 0 N–H and O–H groups in total. The molecule has 0 spiro atoms. The van der Waals surface area contributed by atoms with E-state index in [2.05, 4.69) is 0 Å². The second-order valence-corrected chi connectivity index (χ2v) is 11.1. The van der Waals surface area contributed by atoms with E-state index in [1.807, 2.05) is 0 Å². The van der Waals surface area contributed by atoms with Crippen LogP contribution in [0.1, 0.15) is 23.6 Å². The zero-order valence-electron chi connectivity index (χ0n) is 16.5. The molecule has 0 fully saturated rings. The molecule has 4 nitrogen and oxygen atoms in total. The Balaban J connectivity index is 2.44. The van der Waals surface area contributed by atoms with E-state index in [-0.39, 0.29) is 5.56 Å². The zero-order chi connectivity index (χ0) is 22.0. The van der Waals surface area contributed by atoms with Crippen LogP contribution in [0.4, 0.5) is 4.39 Å². The Morgan fingerprint density at radius 3 is 1.67 bits per heavy atom. The number of hydrogen-bond donors (Lipinski definition) is 0. The predicted octanol–water partition coefficient (Wildman–Crippen LogP) is 5.06. The van der Waals surface area contributed by atoms with Crippen molar-refractivity contribution in [2.45, 2.75) is 28.0 Å². The molecule has 0 unspecified atom stereocenters. The first-order chi connectivity index (χ1) is 14.2. The van der Waals surface area contributed by atoms with Crippen LogP contribution < -0.4 is 0 Å². The van der Waals surface area contributed by atoms with Gasteiger partial charge >= 0.3 is 4.33 Å². The second kappa shape index (κ2) is 8.16. The third kappa shape index (κ3) is 3.48. The van der Waals surface area contributed by atoms with Crippen LogP contribution in [-0.2, 0) is 24.0 Å². The summed E-state index contributed by atoms with van der Waals surface area (Å²) in [4.78, 5) is -0.828. The maximum atomic E-state index is 16.9. The summed E-state index contributed by atoms with van der Waals surface area (Å²) in [7, 11) is -9.98. The molecule has 0 atom stereocenters. The van der Waals surface area contributed by atoms with Gasteiger partial charge < -0.3 is 0 Å². The van der Waals surface area contributed by atoms with Crippen molar-refractivity contribution in [2.24, 2.45) is 0 Å². The summed E-state index contributed by atoms with van der Waals surface area (Å²) in [6.45, 7) is 3.24. The first-order valence-electron chi connectivity index (χ1n) is 9.18. The summed E-state index contributed by atoms with van der Waals surface area (Å²) in [5, 5.41) is 0. The van der Waals surface area contributed by atoms with Crippen molar-refractivity contribution in [3.63, 3.8) is 0 Å². The maximum Gasteiger partial charge on any atom is 0.342 e. The number of alkyl halides is 1. The van der Waals surface area contributed by atoms with Crippen molar-refractivity contribution in [1.82, 2.24) is 0 Å². The molecule has 0 aromatic heterocycles. The molecular formula is C23H21FO4S2. The van der Waals surface area contributed by atoms with Crippen LogP contribution in [0.15, 0.2) is 94.7 Å². The van der Waals surface area contributed by atoms with E-state index in [4.69, 9.17) is 0 Å². The van der Waals surface area contributed by atoms with Gasteiger partial charge in [-0.15, -0.1) is 0 Å². The fraction of sp³-hybridized carbons (Fsp3) is 0.130. The molecule has 156 valence electrons. The van der Waals surface area contributed by atoms with E-state index in [1.165, 1.54) is 67.6 Å². The topological polar surface area (TPSA) is 68.3 Å². The quantitative estimate of drug-likeness (QED) is 0.533. The molecule has 30 heavy (non-hydrogen) atoms. The van der Waals surface area contributed by atoms with Gasteiger partial charge in [0.2, 0.25) is 19.7 Å². The molecule has 0 heterocycles. The maximum absolute atomic E-state index is 16.9. The molecular weight excluding hydrogens is 423 g/mol. The molecule has 7 heteroatoms. The average molecular weight is 445 g/mol. The number of halogens is 1. The summed E-state index contributed by atoms with van der Waals surface area (Å²) in [5.41, 5.74) is 0.280. The first-order valence-corrected chi connectivity index (χ1v) is 12.1. The minimum Gasteiger partial charge on any atom is -0.219 e. The Hall–Kier alpha value is -2.77. The van der Waals surface area contributed by atoms with Crippen molar-refractivity contribution in [1.29, 1.82) is 0 Å². The van der Waals surface area contributed by atoms with Gasteiger partial charge in [0.15, 0.2) is 0 Å². The highest BCUT2D eigenvalue weighted by molar-refractivity contribution is 8.09. The SMILES string of the molecule is CC=Cc1ccc(C)c(C(F)(S(=O)(=O)c2ccccc2)S(=O)(=O)c2ccccc2)c1. The van der Waals surface area contributed by atoms with Gasteiger partial charge in [0.05, 0.1) is 9.79 Å². The largest absolute Gasteiger partial charge is 0.342 e. The van der Waals surface area contributed by atoms with Gasteiger partial charge in [-0.3, -0.25) is 0 Å². The lowest BCUT2D eigenvalue weighted by molar-refractivity contribution is 0.362. The fourth-order valence-corrected chi connectivity index (χ4v) is 7.58. The Bertz CT molecular complexity index is 1210. The van der Waals surface area contributed by atoms with Crippen LogP contribution in [0, 0.1) is 6.92 Å². The third-order valence-corrected chi connectivity index (χ3v) is 9.67. The molecule has 3 aromatic rings. The van der Waals surface area contributed by atoms with Gasteiger partial charge in [0.1, 0.15) is 0 Å². The standard InChI is InChI=1S/C23H21FO4S2/c1-3-10-19-16-15-18(2)22(17-19)23(24,29(25,26)20-11-6-4-7-12-20)30(27,28)21-13-8-5-9-14-21/h3-17H,1-2H3. The van der Waals surface area contributed by atoms with Crippen molar-refractivity contribution in [3.8, 4) is 0 Å². The van der Waals surface area contributed by atoms with Crippen molar-refractivity contribution >= 4 is 25.8 Å². The van der Waals surface area contributed by atoms with Crippen LogP contribution in [0.25, 0.3) is 6.08 Å². The lowest BCUT2D eigenvalue weighted by Crippen LogP contribution is -2.40. The van der Waals surface area contributed by atoms with Gasteiger partial charge in [-0.05, 0) is 55.3 Å². The Kier molecular flexibility index (Phi) is 5.97. The first kappa shape index (κ1) is 21.9. The Labute approximate surface area is 176 Å². The number of sulfone groups is 2. The number of benzene rings is 3. The summed E-state index contributed by atoms with van der Waals surface area (Å²) in [6.07, 6.45) is 3.35. The normalized spacial score (nSPS) is 12.9. The predicted molar refractivity (Wildman–Crippen MR) is 116 cm³/mol. The van der Waals surface area contributed by atoms with Gasteiger partial charge in [0.25, 0.3) is 0 Å². The van der Waals surface area contributed by atoms with Gasteiger partial charge in [-0.25, -0.2) is 21.2 Å². The Morgan fingerprint density at radius 2 is 1.23 bits per heavy atom. The van der Waals surface area contributed by atoms with E-state index >= 15 is 4.39 Å². The summed E-state index contributed by atoms with van der Waals surface area (Å²) in [5.74, 6) is 0. The van der Waals surface area contributed by atoms with E-state index in [0.717, 1.165) is 0 Å². The highest BCUT2D eigenvalue weighted by Crippen LogP contribution is 2.46. The van der Waals surface area contributed by atoms with Crippen LogP contribution in [0.3, 0.4) is 0 Å². The molecule has 0 saturated carbocycles. The highest BCUT2D eigenvalue weighted by atomic mass is 32.3. The summed E-state index contributed by atoms with van der Waals surface area (Å²) >= 11 is 0. The molecule has 3 aromatic carbocycles. The van der Waals surface area contributed by atoms with E-state index in [1.54, 1.807) is 37.3 Å². The molecule has 0 aliphatic heterocycles. The Morgan fingerprint density at radius 1 is 0.767 bits per heavy atom. The summed E-state index contributed by atoms with van der Waals surface area (Å²) in [6, 6.07) is 18.0. The molecule has 0 amide bonds. The fourth-order valence-electron chi connectivity index (χ4n) is 3.19. The molecule has 0 bridgehead atoms. The van der Waals surface area contributed by atoms with Crippen LogP contribution >= 0.6 is 0 Å². The smallest absolute Gasteiger partial charge is 0.219 e. The lowest BCUT2D eigenvalue weighted by Gasteiger charge is -2.27. The average Bonchev–Trinajstić information content (AvgIpc) is 2.75. The van der Waals surface area contributed by atoms with E-state index in [0.29, 0.717) is 5.56 Å². The lowest BCUT2D eigenvalue weighted by atomic mass is 10.1. The highest BCUT2D eigenvalue weighted by Gasteiger charge is 2.59. The number of allylic oxidation sites excluding steroid dienone is 1. The van der Waals surface area contributed by atoms with Gasteiger partial charge in [-0.2, -0.15) is 0 Å². The zero-order valence-corrected chi connectivity index (χ0v) is 18.1. The van der Waals surface area contributed by atoms with Crippen LogP contribution in [0.2, 0.25) is 0 Å². The van der Waals surface area contributed by atoms with E-state index < -0.39 is 39.4 Å². The molecule has 3 rings (SSSR count). The van der Waals surface area contributed by atoms with E-state index in [9.17, 15) is 16.8 Å². The molecule has 0 radical (unpaired) electrons. The van der Waals surface area contributed by atoms with Gasteiger partial charge in [0, 0.05) is 5.56 Å². The third-order valence-electron chi connectivity index (χ3n) is 4.74. The van der Waals surface area contributed by atoms with Gasteiger partial charge in [-0.1, -0.05) is 60.7 Å². The second-order valence-electron chi connectivity index (χ2n) is 6.74. The molecule has 0 aliphatic rings. The monoisotopic (exact) mass is 444 g/mol. The number of aryl methyl sites for hydroxylation is 1. The van der Waals surface area contributed by atoms with Crippen molar-refractivity contribution in [2.75, 3.05) is 0 Å². The van der Waals surface area contributed by atoms with Crippen molar-refractivity contribution < 1.29 is 21.2 Å². The molecule has 0 aliphatic carbocycles. The molecule has 0 saturated heterocycles.